The molecular formula is C17H15NO2. The average molecular weight is 265 g/mol. The molecule has 20 heavy (non-hydrogen) atoms. The van der Waals surface area contributed by atoms with E-state index in [-0.39, 0.29) is 12.0 Å². The predicted octanol–water partition coefficient (Wildman–Crippen LogP) is 2.43. The van der Waals surface area contributed by atoms with Gasteiger partial charge in [0.15, 0.2) is 5.78 Å². The van der Waals surface area contributed by atoms with E-state index in [1.54, 1.807) is 6.08 Å². The Hall–Kier alpha value is -1.90. The van der Waals surface area contributed by atoms with Gasteiger partial charge in [0.2, 0.25) is 0 Å². The fourth-order valence-electron chi connectivity index (χ4n) is 4.92. The molecule has 100 valence electrons. The molecule has 1 aromatic carbocycles. The maximum absolute atomic E-state index is 12.1. The molecule has 2 bridgehead atoms. The van der Waals surface area contributed by atoms with Crippen molar-refractivity contribution in [3.05, 3.63) is 48.0 Å². The van der Waals surface area contributed by atoms with Gasteiger partial charge in [-0.25, -0.2) is 0 Å². The van der Waals surface area contributed by atoms with Crippen LogP contribution in [-0.2, 0) is 9.63 Å². The van der Waals surface area contributed by atoms with Gasteiger partial charge in [-0.15, -0.1) is 0 Å². The van der Waals surface area contributed by atoms with Gasteiger partial charge in [0, 0.05) is 17.8 Å². The minimum atomic E-state index is 0.187. The summed E-state index contributed by atoms with van der Waals surface area (Å²) in [5.41, 5.74) is 2.20. The highest BCUT2D eigenvalue weighted by atomic mass is 16.6. The van der Waals surface area contributed by atoms with Crippen LogP contribution in [0.15, 0.2) is 47.6 Å². The molecule has 5 rings (SSSR count). The lowest BCUT2D eigenvalue weighted by atomic mass is 9.71. The van der Waals surface area contributed by atoms with E-state index in [2.05, 4.69) is 23.4 Å². The zero-order valence-corrected chi connectivity index (χ0v) is 11.0. The second kappa shape index (κ2) is 3.60. The van der Waals surface area contributed by atoms with E-state index < -0.39 is 0 Å². The standard InChI is InChI=1S/C17H15NO2/c19-13-7-6-10-11-8-12(14(10)13)15-16(18-20-17(11)15)9-4-2-1-3-5-9/h1-7,10-12,14-15,17H,8H2. The van der Waals surface area contributed by atoms with E-state index in [1.165, 1.54) is 0 Å². The van der Waals surface area contributed by atoms with Crippen molar-refractivity contribution < 1.29 is 9.63 Å². The van der Waals surface area contributed by atoms with Gasteiger partial charge < -0.3 is 4.84 Å². The topological polar surface area (TPSA) is 38.7 Å². The first-order valence-electron chi connectivity index (χ1n) is 7.36. The van der Waals surface area contributed by atoms with Gasteiger partial charge >= 0.3 is 0 Å². The molecule has 3 aliphatic carbocycles. The second-order valence-electron chi connectivity index (χ2n) is 6.37. The number of ketones is 1. The zero-order chi connectivity index (χ0) is 13.3. The number of benzene rings is 1. The number of allylic oxidation sites excluding steroid dienone is 2. The molecule has 2 saturated carbocycles. The molecule has 3 heteroatoms. The van der Waals surface area contributed by atoms with Crippen LogP contribution >= 0.6 is 0 Å². The summed E-state index contributed by atoms with van der Waals surface area (Å²) in [6.45, 7) is 0. The van der Waals surface area contributed by atoms with Gasteiger partial charge in [-0.1, -0.05) is 41.6 Å². The van der Waals surface area contributed by atoms with Crippen LogP contribution in [0.25, 0.3) is 0 Å². The SMILES string of the molecule is O=C1C=CC2C3CC(C12)C1C(c2ccccc2)=NOC31. The molecule has 6 atom stereocenters. The molecule has 0 amide bonds. The summed E-state index contributed by atoms with van der Waals surface area (Å²) >= 11 is 0. The van der Waals surface area contributed by atoms with Crippen molar-refractivity contribution in [1.82, 2.24) is 0 Å². The average Bonchev–Trinajstić information content (AvgIpc) is 3.19. The van der Waals surface area contributed by atoms with Crippen LogP contribution < -0.4 is 0 Å². The van der Waals surface area contributed by atoms with Crippen LogP contribution in [0.2, 0.25) is 0 Å². The molecule has 0 radical (unpaired) electrons. The number of nitrogens with zero attached hydrogens (tertiary/aromatic N) is 1. The van der Waals surface area contributed by atoms with Crippen LogP contribution in [0.3, 0.4) is 0 Å². The Bertz CT molecular complexity index is 648. The molecule has 1 aromatic rings. The molecule has 1 aliphatic heterocycles. The Labute approximate surface area is 117 Å². The minimum absolute atomic E-state index is 0.187. The first kappa shape index (κ1) is 10.8. The molecule has 3 nitrogen and oxygen atoms in total. The Morgan fingerprint density at radius 2 is 1.95 bits per heavy atom. The molecule has 0 spiro atoms. The van der Waals surface area contributed by atoms with E-state index in [0.717, 1.165) is 17.7 Å². The smallest absolute Gasteiger partial charge is 0.159 e. The zero-order valence-electron chi connectivity index (χ0n) is 11.0. The van der Waals surface area contributed by atoms with E-state index in [9.17, 15) is 4.79 Å². The number of hydrogen-bond acceptors (Lipinski definition) is 3. The van der Waals surface area contributed by atoms with Crippen molar-refractivity contribution in [3.8, 4) is 0 Å². The number of carbonyl (C=O) groups excluding carboxylic acids is 1. The normalized spacial score (nSPS) is 43.4. The molecule has 6 unspecified atom stereocenters. The van der Waals surface area contributed by atoms with Crippen molar-refractivity contribution in [2.75, 3.05) is 0 Å². The largest absolute Gasteiger partial charge is 0.391 e. The van der Waals surface area contributed by atoms with Crippen molar-refractivity contribution in [2.24, 2.45) is 34.7 Å². The lowest BCUT2D eigenvalue weighted by molar-refractivity contribution is -0.121. The quantitative estimate of drug-likeness (QED) is 0.782. The molecular weight excluding hydrogens is 250 g/mol. The Morgan fingerprint density at radius 1 is 1.10 bits per heavy atom. The van der Waals surface area contributed by atoms with Gasteiger partial charge in [0.25, 0.3) is 0 Å². The van der Waals surface area contributed by atoms with E-state index in [1.807, 2.05) is 18.2 Å². The summed E-state index contributed by atoms with van der Waals surface area (Å²) < 4.78 is 0. The van der Waals surface area contributed by atoms with Crippen LogP contribution in [0, 0.1) is 29.6 Å². The monoisotopic (exact) mass is 265 g/mol. The number of carbonyl (C=O) groups is 1. The lowest BCUT2D eigenvalue weighted by Crippen LogP contribution is -2.40. The van der Waals surface area contributed by atoms with Crippen LogP contribution in [0.4, 0.5) is 0 Å². The summed E-state index contributed by atoms with van der Waals surface area (Å²) in [5, 5.41) is 4.36. The van der Waals surface area contributed by atoms with Gasteiger partial charge in [-0.3, -0.25) is 4.79 Å². The number of rotatable bonds is 1. The number of fused-ring (bicyclic) bond motifs is 8. The third-order valence-corrected chi connectivity index (χ3v) is 5.62. The maximum Gasteiger partial charge on any atom is 0.159 e. The molecule has 0 N–H and O–H groups in total. The Morgan fingerprint density at radius 3 is 2.80 bits per heavy atom. The van der Waals surface area contributed by atoms with Gasteiger partial charge in [0.05, 0.1) is 5.71 Å². The fourth-order valence-corrected chi connectivity index (χ4v) is 4.92. The van der Waals surface area contributed by atoms with E-state index in [0.29, 0.717) is 29.5 Å². The van der Waals surface area contributed by atoms with E-state index >= 15 is 0 Å². The summed E-state index contributed by atoms with van der Waals surface area (Å²) in [4.78, 5) is 17.9. The molecule has 0 aromatic heterocycles. The van der Waals surface area contributed by atoms with Crippen molar-refractivity contribution in [1.29, 1.82) is 0 Å². The molecule has 0 saturated heterocycles. The van der Waals surface area contributed by atoms with Gasteiger partial charge in [0.1, 0.15) is 6.10 Å². The summed E-state index contributed by atoms with van der Waals surface area (Å²) in [6.07, 6.45) is 5.20. The number of oxime groups is 1. The summed E-state index contributed by atoms with van der Waals surface area (Å²) in [5.74, 6) is 2.12. The third kappa shape index (κ3) is 1.17. The third-order valence-electron chi connectivity index (χ3n) is 5.62. The minimum Gasteiger partial charge on any atom is -0.391 e. The molecule has 2 fully saturated rings. The highest BCUT2D eigenvalue weighted by Crippen LogP contribution is 2.60. The molecule has 4 aliphatic rings. The first-order valence-corrected chi connectivity index (χ1v) is 7.36. The maximum atomic E-state index is 12.1. The van der Waals surface area contributed by atoms with Crippen LogP contribution in [-0.4, -0.2) is 17.6 Å². The summed E-state index contributed by atoms with van der Waals surface area (Å²) in [7, 11) is 0. The lowest BCUT2D eigenvalue weighted by Gasteiger charge is -2.31. The van der Waals surface area contributed by atoms with Gasteiger partial charge in [-0.2, -0.15) is 0 Å². The Balaban J connectivity index is 1.55. The van der Waals surface area contributed by atoms with Crippen LogP contribution in [0.1, 0.15) is 12.0 Å². The number of hydrogen-bond donors (Lipinski definition) is 0. The van der Waals surface area contributed by atoms with Crippen molar-refractivity contribution in [3.63, 3.8) is 0 Å². The fraction of sp³-hybridized carbons (Fsp3) is 0.412. The van der Waals surface area contributed by atoms with E-state index in [4.69, 9.17) is 4.84 Å². The highest BCUT2D eigenvalue weighted by Gasteiger charge is 2.64. The highest BCUT2D eigenvalue weighted by molar-refractivity contribution is 6.05. The van der Waals surface area contributed by atoms with Crippen molar-refractivity contribution in [2.45, 2.75) is 12.5 Å². The Kier molecular flexibility index (Phi) is 1.95. The summed E-state index contributed by atoms with van der Waals surface area (Å²) in [6, 6.07) is 10.2. The second-order valence-corrected chi connectivity index (χ2v) is 6.37. The van der Waals surface area contributed by atoms with Crippen molar-refractivity contribution >= 4 is 11.5 Å². The molecule has 1 heterocycles. The predicted molar refractivity (Wildman–Crippen MR) is 74.1 cm³/mol. The van der Waals surface area contributed by atoms with Crippen LogP contribution in [0.5, 0.6) is 0 Å². The first-order chi connectivity index (χ1) is 9.84. The van der Waals surface area contributed by atoms with Gasteiger partial charge in [-0.05, 0) is 29.9 Å².